The molecule has 0 aliphatic rings. The van der Waals surface area contributed by atoms with Crippen LogP contribution in [0.4, 0.5) is 26.3 Å². The third-order valence-electron chi connectivity index (χ3n) is 5.02. The van der Waals surface area contributed by atoms with Gasteiger partial charge in [0.05, 0.1) is 11.5 Å². The molecule has 0 fully saturated rings. The van der Waals surface area contributed by atoms with Gasteiger partial charge in [0.1, 0.15) is 12.6 Å². The number of carbonyl (C=O) groups is 2. The van der Waals surface area contributed by atoms with Gasteiger partial charge in [-0.3, -0.25) is 9.59 Å². The summed E-state index contributed by atoms with van der Waals surface area (Å²) in [6, 6.07) is 7.17. The fourth-order valence-electron chi connectivity index (χ4n) is 3.18. The molecule has 0 aliphatic carbocycles. The number of nitrogens with one attached hydrogen (secondary N) is 2. The molecule has 0 radical (unpaired) electrons. The molecule has 2 atom stereocenters. The van der Waals surface area contributed by atoms with Crippen molar-refractivity contribution in [2.45, 2.75) is 44.6 Å². The number of benzene rings is 2. The lowest BCUT2D eigenvalue weighted by molar-refractivity contribution is -0.139. The Morgan fingerprint density at radius 3 is 2.31 bits per heavy atom. The predicted octanol–water partition coefficient (Wildman–Crippen LogP) is 6.82. The Morgan fingerprint density at radius 2 is 1.75 bits per heavy atom. The number of hydrogen-bond acceptors (Lipinski definition) is 2. The fourth-order valence-corrected chi connectivity index (χ4v) is 4.02. The van der Waals surface area contributed by atoms with Gasteiger partial charge in [0.25, 0.3) is 5.91 Å². The third-order valence-corrected chi connectivity index (χ3v) is 5.90. The van der Waals surface area contributed by atoms with Crippen LogP contribution in [0.15, 0.2) is 46.9 Å². The maximum absolute atomic E-state index is 13.8. The Bertz CT molecular complexity index is 1130. The van der Waals surface area contributed by atoms with Gasteiger partial charge >= 0.3 is 12.4 Å². The van der Waals surface area contributed by atoms with E-state index in [1.165, 1.54) is 43.3 Å². The summed E-state index contributed by atoms with van der Waals surface area (Å²) in [4.78, 5) is 24.2. The predicted molar refractivity (Wildman–Crippen MR) is 129 cm³/mol. The lowest BCUT2D eigenvalue weighted by Crippen LogP contribution is -2.47. The summed E-state index contributed by atoms with van der Waals surface area (Å²) in [5, 5.41) is 4.14. The highest BCUT2D eigenvalue weighted by molar-refractivity contribution is 9.10. The number of carbonyl (C=O) groups excluding carboxylic acids is 2. The molecule has 2 aromatic carbocycles. The normalized spacial score (nSPS) is 13.9. The molecule has 0 bridgehead atoms. The average Bonchev–Trinajstić information content (AvgIpc) is 2.75. The van der Waals surface area contributed by atoms with Gasteiger partial charge in [0.2, 0.25) is 5.91 Å². The minimum atomic E-state index is -4.60. The summed E-state index contributed by atoms with van der Waals surface area (Å²) in [7, 11) is 0. The van der Waals surface area contributed by atoms with Crippen LogP contribution in [0.2, 0.25) is 5.02 Å². The van der Waals surface area contributed by atoms with Crippen LogP contribution in [0.1, 0.15) is 46.8 Å². The van der Waals surface area contributed by atoms with Crippen LogP contribution in [-0.4, -0.2) is 36.8 Å². The first-order chi connectivity index (χ1) is 16.6. The Kier molecular flexibility index (Phi) is 10.0. The largest absolute Gasteiger partial charge is 0.405 e. The Balaban J connectivity index is 2.18. The first kappa shape index (κ1) is 29.7. The molecule has 2 amide bonds. The summed E-state index contributed by atoms with van der Waals surface area (Å²) < 4.78 is 78.3. The van der Waals surface area contributed by atoms with Gasteiger partial charge in [0.15, 0.2) is 0 Å². The van der Waals surface area contributed by atoms with Crippen molar-refractivity contribution in [1.29, 1.82) is 0 Å². The van der Waals surface area contributed by atoms with Gasteiger partial charge in [-0.25, -0.2) is 0 Å². The van der Waals surface area contributed by atoms with Crippen LogP contribution in [0.3, 0.4) is 0 Å². The van der Waals surface area contributed by atoms with Gasteiger partial charge in [-0.2, -0.15) is 26.3 Å². The molecule has 1 unspecified atom stereocenters. The Hall–Kier alpha value is -2.53. The number of halogens is 8. The molecule has 2 rings (SSSR count). The molecule has 2 aromatic rings. The van der Waals surface area contributed by atoms with Crippen LogP contribution in [0, 0.1) is 0 Å². The van der Waals surface area contributed by atoms with Crippen LogP contribution in [0.5, 0.6) is 0 Å². The van der Waals surface area contributed by atoms with Crippen molar-refractivity contribution in [2.75, 3.05) is 6.54 Å². The van der Waals surface area contributed by atoms with E-state index in [0.29, 0.717) is 17.5 Å². The monoisotopic (exact) mass is 598 g/mol. The molecule has 0 heterocycles. The topological polar surface area (TPSA) is 58.2 Å². The summed E-state index contributed by atoms with van der Waals surface area (Å²) in [5.41, 5.74) is 1.05. The molecule has 0 aromatic heterocycles. The maximum atomic E-state index is 13.8. The summed E-state index contributed by atoms with van der Waals surface area (Å²) in [6.45, 7) is 1.48. The van der Waals surface area contributed by atoms with E-state index in [4.69, 9.17) is 11.6 Å². The highest BCUT2D eigenvalue weighted by atomic mass is 79.9. The molecule has 36 heavy (non-hydrogen) atoms. The quantitative estimate of drug-likeness (QED) is 0.327. The number of aryl methyl sites for hydroxylation is 1. The molecule has 12 heteroatoms. The van der Waals surface area contributed by atoms with E-state index in [0.717, 1.165) is 6.08 Å². The van der Waals surface area contributed by atoms with E-state index < -0.39 is 42.7 Å². The Morgan fingerprint density at radius 1 is 1.08 bits per heavy atom. The molecule has 4 nitrogen and oxygen atoms in total. The lowest BCUT2D eigenvalue weighted by atomic mass is 9.94. The van der Waals surface area contributed by atoms with Crippen molar-refractivity contribution in [3.8, 4) is 0 Å². The number of amides is 2. The zero-order chi connectivity index (χ0) is 27.3. The second-order valence-electron chi connectivity index (χ2n) is 7.89. The van der Waals surface area contributed by atoms with Crippen molar-refractivity contribution in [3.63, 3.8) is 0 Å². The number of alkyl halides is 6. The van der Waals surface area contributed by atoms with Gasteiger partial charge in [-0.15, -0.1) is 0 Å². The van der Waals surface area contributed by atoms with Crippen molar-refractivity contribution in [1.82, 2.24) is 10.6 Å². The van der Waals surface area contributed by atoms with Crippen LogP contribution in [-0.2, 0) is 11.2 Å². The minimum absolute atomic E-state index is 0.00375. The minimum Gasteiger partial charge on any atom is -0.345 e. The number of rotatable bonds is 8. The van der Waals surface area contributed by atoms with E-state index in [9.17, 15) is 35.9 Å². The van der Waals surface area contributed by atoms with E-state index in [-0.39, 0.29) is 20.6 Å². The molecule has 0 aliphatic heterocycles. The molecular weight excluding hydrogens is 578 g/mol. The highest BCUT2D eigenvalue weighted by Gasteiger charge is 2.39. The summed E-state index contributed by atoms with van der Waals surface area (Å²) in [5.74, 6) is -3.70. The van der Waals surface area contributed by atoms with Crippen LogP contribution in [0.25, 0.3) is 6.08 Å². The second kappa shape index (κ2) is 12.1. The third kappa shape index (κ3) is 8.85. The zero-order valence-corrected chi connectivity index (χ0v) is 21.4. The van der Waals surface area contributed by atoms with Gasteiger partial charge in [-0.05, 0) is 70.2 Å². The first-order valence-corrected chi connectivity index (χ1v) is 11.8. The van der Waals surface area contributed by atoms with Crippen molar-refractivity contribution < 1.29 is 35.9 Å². The van der Waals surface area contributed by atoms with E-state index >= 15 is 0 Å². The first-order valence-electron chi connectivity index (χ1n) is 10.6. The Labute approximate surface area is 217 Å². The van der Waals surface area contributed by atoms with Crippen molar-refractivity contribution in [3.05, 3.63) is 74.2 Å². The zero-order valence-electron chi connectivity index (χ0n) is 19.0. The van der Waals surface area contributed by atoms with E-state index in [1.54, 1.807) is 18.3 Å². The molecule has 0 spiro atoms. The van der Waals surface area contributed by atoms with Crippen molar-refractivity contribution >= 4 is 45.4 Å². The maximum Gasteiger partial charge on any atom is 0.405 e. The molecule has 2 N–H and O–H groups in total. The molecular formula is C24H22BrClF6N2O2. The smallest absolute Gasteiger partial charge is 0.345 e. The molecule has 0 saturated carbocycles. The highest BCUT2D eigenvalue weighted by Crippen LogP contribution is 2.38. The van der Waals surface area contributed by atoms with E-state index in [2.05, 4.69) is 21.2 Å². The van der Waals surface area contributed by atoms with Crippen LogP contribution < -0.4 is 10.6 Å². The standard InChI is InChI=1S/C24H22BrClF6N2O2/c1-3-14-8-16(11-17(26)9-14)19(24(30,31)32)7-5-15-4-6-18(20(25)10-15)22(36)34-13(2)21(35)33-12-23(27,28)29/h4-11,13,19H,3,12H2,1-2H3,(H,33,35)(H,34,36)/b7-5+/t13-,19?/m1/s1. The molecule has 0 saturated heterocycles. The van der Waals surface area contributed by atoms with Gasteiger partial charge < -0.3 is 10.6 Å². The summed E-state index contributed by atoms with van der Waals surface area (Å²) >= 11 is 9.16. The second-order valence-corrected chi connectivity index (χ2v) is 9.18. The lowest BCUT2D eigenvalue weighted by Gasteiger charge is -2.18. The fraction of sp³-hybridized carbons (Fsp3) is 0.333. The average molecular weight is 600 g/mol. The number of allylic oxidation sites excluding steroid dienone is 1. The molecule has 196 valence electrons. The number of hydrogen-bond donors (Lipinski definition) is 2. The van der Waals surface area contributed by atoms with E-state index in [1.807, 2.05) is 0 Å². The van der Waals surface area contributed by atoms with Crippen LogP contribution >= 0.6 is 27.5 Å². The van der Waals surface area contributed by atoms with Gasteiger partial charge in [-0.1, -0.05) is 42.8 Å². The van der Waals surface area contributed by atoms with Gasteiger partial charge in [0, 0.05) is 9.50 Å². The summed E-state index contributed by atoms with van der Waals surface area (Å²) in [6.07, 6.45) is -6.42. The van der Waals surface area contributed by atoms with Crippen molar-refractivity contribution in [2.24, 2.45) is 0 Å². The SMILES string of the molecule is CCc1cc(Cl)cc(C(/C=C/c2ccc(C(=O)N[C@H](C)C(=O)NCC(F)(F)F)c(Br)c2)C(F)(F)F)c1.